The highest BCUT2D eigenvalue weighted by Crippen LogP contribution is 2.33. The quantitative estimate of drug-likeness (QED) is 0.173. The Morgan fingerprint density at radius 3 is 2.27 bits per heavy atom. The maximum absolute atomic E-state index is 13.7. The smallest absolute Gasteiger partial charge is 0.355 e. The minimum absolute atomic E-state index is 0.0742. The monoisotopic (exact) mass is 599 g/mol. The molecule has 0 saturated carbocycles. The van der Waals surface area contributed by atoms with Crippen molar-refractivity contribution in [3.8, 4) is 11.1 Å². The summed E-state index contributed by atoms with van der Waals surface area (Å²) in [6, 6.07) is 26.9. The Balaban J connectivity index is 1.52. The van der Waals surface area contributed by atoms with Gasteiger partial charge in [0.2, 0.25) is 0 Å². The van der Waals surface area contributed by atoms with E-state index in [1.807, 2.05) is 36.4 Å². The van der Waals surface area contributed by atoms with Crippen LogP contribution in [-0.2, 0) is 11.3 Å². The molecule has 0 unspecified atom stereocenters. The van der Waals surface area contributed by atoms with Crippen molar-refractivity contribution in [3.05, 3.63) is 135 Å². The van der Waals surface area contributed by atoms with Gasteiger partial charge in [-0.25, -0.2) is 9.18 Å². The third-order valence-corrected chi connectivity index (χ3v) is 6.89. The SMILES string of the molecule is COC(=O)c1c(-c2ccccc2)c2cc(Br)ccc2c(=O)n1Cc1ccc(C(=O)NNc2ccc(F)cc2)cc1. The minimum Gasteiger partial charge on any atom is -0.464 e. The Bertz CT molecular complexity index is 1770. The molecule has 40 heavy (non-hydrogen) atoms. The fourth-order valence-corrected chi connectivity index (χ4v) is 4.82. The first-order chi connectivity index (χ1) is 19.4. The van der Waals surface area contributed by atoms with Crippen LogP contribution in [0, 0.1) is 5.82 Å². The number of anilines is 1. The van der Waals surface area contributed by atoms with Crippen LogP contribution in [0.1, 0.15) is 26.4 Å². The predicted octanol–water partition coefficient (Wildman–Crippen LogP) is 6.16. The number of fused-ring (bicyclic) bond motifs is 1. The normalized spacial score (nSPS) is 10.8. The first-order valence-electron chi connectivity index (χ1n) is 12.3. The first-order valence-corrected chi connectivity index (χ1v) is 13.1. The van der Waals surface area contributed by atoms with E-state index in [0.29, 0.717) is 33.2 Å². The summed E-state index contributed by atoms with van der Waals surface area (Å²) in [7, 11) is 1.28. The molecule has 1 aromatic heterocycles. The third-order valence-electron chi connectivity index (χ3n) is 6.40. The summed E-state index contributed by atoms with van der Waals surface area (Å²) in [6.07, 6.45) is 0. The number of benzene rings is 4. The molecular formula is C31H23BrFN3O4. The molecule has 0 spiro atoms. The van der Waals surface area contributed by atoms with Crippen molar-refractivity contribution in [2.45, 2.75) is 6.54 Å². The van der Waals surface area contributed by atoms with E-state index in [0.717, 1.165) is 10.0 Å². The van der Waals surface area contributed by atoms with E-state index in [1.54, 1.807) is 36.4 Å². The topological polar surface area (TPSA) is 89.4 Å². The zero-order chi connectivity index (χ0) is 28.2. The number of hydrogen-bond donors (Lipinski definition) is 2. The number of hydrogen-bond acceptors (Lipinski definition) is 5. The van der Waals surface area contributed by atoms with Crippen LogP contribution in [-0.4, -0.2) is 23.6 Å². The number of hydrazine groups is 1. The lowest BCUT2D eigenvalue weighted by molar-refractivity contribution is 0.0588. The van der Waals surface area contributed by atoms with Crippen molar-refractivity contribution in [1.29, 1.82) is 0 Å². The van der Waals surface area contributed by atoms with Gasteiger partial charge in [0.1, 0.15) is 11.5 Å². The highest BCUT2D eigenvalue weighted by Gasteiger charge is 2.24. The van der Waals surface area contributed by atoms with Gasteiger partial charge in [-0.1, -0.05) is 58.4 Å². The Labute approximate surface area is 237 Å². The molecule has 4 aromatic carbocycles. The number of aromatic nitrogens is 1. The van der Waals surface area contributed by atoms with Crippen molar-refractivity contribution in [1.82, 2.24) is 9.99 Å². The predicted molar refractivity (Wildman–Crippen MR) is 156 cm³/mol. The van der Waals surface area contributed by atoms with Crippen LogP contribution >= 0.6 is 15.9 Å². The number of carbonyl (C=O) groups excluding carboxylic acids is 2. The molecule has 5 aromatic rings. The molecule has 0 aliphatic heterocycles. The summed E-state index contributed by atoms with van der Waals surface area (Å²) in [5, 5.41) is 1.08. The van der Waals surface area contributed by atoms with E-state index in [4.69, 9.17) is 4.74 Å². The lowest BCUT2D eigenvalue weighted by Gasteiger charge is -2.19. The fraction of sp³-hybridized carbons (Fsp3) is 0.0645. The molecule has 0 saturated heterocycles. The molecular weight excluding hydrogens is 577 g/mol. The van der Waals surface area contributed by atoms with Crippen LogP contribution in [0.2, 0.25) is 0 Å². The minimum atomic E-state index is -0.638. The lowest BCUT2D eigenvalue weighted by atomic mass is 9.96. The molecule has 1 amide bonds. The van der Waals surface area contributed by atoms with Crippen molar-refractivity contribution in [3.63, 3.8) is 0 Å². The molecule has 200 valence electrons. The van der Waals surface area contributed by atoms with Gasteiger partial charge >= 0.3 is 5.97 Å². The van der Waals surface area contributed by atoms with Gasteiger partial charge in [-0.3, -0.25) is 25.0 Å². The number of nitrogens with zero attached hydrogens (tertiary/aromatic N) is 1. The van der Waals surface area contributed by atoms with E-state index in [9.17, 15) is 18.8 Å². The molecule has 9 heteroatoms. The third kappa shape index (κ3) is 5.50. The molecule has 0 atom stereocenters. The van der Waals surface area contributed by atoms with Crippen LogP contribution in [0.4, 0.5) is 10.1 Å². The van der Waals surface area contributed by atoms with Crippen molar-refractivity contribution in [2.24, 2.45) is 0 Å². The molecule has 7 nitrogen and oxygen atoms in total. The number of nitrogens with one attached hydrogen (secondary N) is 2. The van der Waals surface area contributed by atoms with E-state index < -0.39 is 11.9 Å². The van der Waals surface area contributed by atoms with Crippen molar-refractivity contribution in [2.75, 3.05) is 12.5 Å². The average Bonchev–Trinajstić information content (AvgIpc) is 2.98. The first kappa shape index (κ1) is 26.8. The molecule has 2 N–H and O–H groups in total. The largest absolute Gasteiger partial charge is 0.464 e. The second kappa shape index (κ2) is 11.5. The van der Waals surface area contributed by atoms with Crippen molar-refractivity contribution >= 4 is 44.3 Å². The zero-order valence-corrected chi connectivity index (χ0v) is 22.9. The number of esters is 1. The van der Waals surface area contributed by atoms with Crippen LogP contribution in [0.3, 0.4) is 0 Å². The Morgan fingerprint density at radius 2 is 1.60 bits per heavy atom. The summed E-state index contributed by atoms with van der Waals surface area (Å²) in [6.45, 7) is 0.0742. The maximum atomic E-state index is 13.7. The Hall–Kier alpha value is -4.76. The Morgan fingerprint density at radius 1 is 0.900 bits per heavy atom. The summed E-state index contributed by atoms with van der Waals surface area (Å²) in [5.74, 6) is -1.41. The second-order valence-electron chi connectivity index (χ2n) is 8.95. The molecule has 5 rings (SSSR count). The highest BCUT2D eigenvalue weighted by atomic mass is 79.9. The van der Waals surface area contributed by atoms with Gasteiger partial charge in [-0.2, -0.15) is 0 Å². The van der Waals surface area contributed by atoms with E-state index in [2.05, 4.69) is 26.8 Å². The molecule has 1 heterocycles. The van der Waals surface area contributed by atoms with Gasteiger partial charge in [0.05, 0.1) is 19.3 Å². The van der Waals surface area contributed by atoms with Gasteiger partial charge in [0, 0.05) is 21.0 Å². The number of ether oxygens (including phenoxy) is 1. The van der Waals surface area contributed by atoms with Gasteiger partial charge in [0.15, 0.2) is 0 Å². The van der Waals surface area contributed by atoms with Gasteiger partial charge in [-0.15, -0.1) is 0 Å². The number of amides is 1. The summed E-state index contributed by atoms with van der Waals surface area (Å²) in [5.41, 5.74) is 8.04. The molecule has 0 bridgehead atoms. The summed E-state index contributed by atoms with van der Waals surface area (Å²) in [4.78, 5) is 39.5. The number of halogens is 2. The Kier molecular flexibility index (Phi) is 7.75. The molecule has 0 aliphatic rings. The van der Waals surface area contributed by atoms with Gasteiger partial charge in [-0.05, 0) is 71.1 Å². The number of pyridine rings is 1. The number of rotatable bonds is 7. The average molecular weight is 600 g/mol. The van der Waals surface area contributed by atoms with Crippen LogP contribution < -0.4 is 16.4 Å². The summed E-state index contributed by atoms with van der Waals surface area (Å²) < 4.78 is 20.4. The van der Waals surface area contributed by atoms with E-state index in [1.165, 1.54) is 35.9 Å². The second-order valence-corrected chi connectivity index (χ2v) is 9.86. The van der Waals surface area contributed by atoms with E-state index in [-0.39, 0.29) is 23.6 Å². The standard InChI is InChI=1S/C31H23BrFN3O4/c1-40-31(39)28-27(20-5-3-2-4-6-20)26-17-22(32)11-16-25(26)30(38)36(28)18-19-7-9-21(10-8-19)29(37)35-34-24-14-12-23(33)13-15-24/h2-17,34H,18H2,1H3,(H,35,37). The number of carbonyl (C=O) groups is 2. The van der Waals surface area contributed by atoms with Crippen LogP contribution in [0.15, 0.2) is 106 Å². The maximum Gasteiger partial charge on any atom is 0.355 e. The van der Waals surface area contributed by atoms with E-state index >= 15 is 0 Å². The van der Waals surface area contributed by atoms with Gasteiger partial charge in [0.25, 0.3) is 11.5 Å². The van der Waals surface area contributed by atoms with Crippen LogP contribution in [0.5, 0.6) is 0 Å². The fourth-order valence-electron chi connectivity index (χ4n) is 4.45. The summed E-state index contributed by atoms with van der Waals surface area (Å²) >= 11 is 3.48. The van der Waals surface area contributed by atoms with Crippen LogP contribution in [0.25, 0.3) is 21.9 Å². The molecule has 0 aliphatic carbocycles. The van der Waals surface area contributed by atoms with Gasteiger partial charge < -0.3 is 4.74 Å². The number of methoxy groups -OCH3 is 1. The molecule has 0 radical (unpaired) electrons. The lowest BCUT2D eigenvalue weighted by Crippen LogP contribution is -2.29. The zero-order valence-electron chi connectivity index (χ0n) is 21.3. The highest BCUT2D eigenvalue weighted by molar-refractivity contribution is 9.10. The molecule has 0 fully saturated rings. The van der Waals surface area contributed by atoms with Crippen molar-refractivity contribution < 1.29 is 18.7 Å².